The van der Waals surface area contributed by atoms with Gasteiger partial charge in [0.1, 0.15) is 0 Å². The van der Waals surface area contributed by atoms with E-state index in [-0.39, 0.29) is 29.7 Å². The average Bonchev–Trinajstić information content (AvgIpc) is 3.20. The molecular formula is C17H20N4O4S2. The molecule has 144 valence electrons. The van der Waals surface area contributed by atoms with E-state index >= 15 is 0 Å². The fourth-order valence-electron chi connectivity index (χ4n) is 2.76. The molecule has 0 unspecified atom stereocenters. The topological polar surface area (TPSA) is 99.7 Å². The van der Waals surface area contributed by atoms with Crippen LogP contribution in [0.15, 0.2) is 35.4 Å². The van der Waals surface area contributed by atoms with Gasteiger partial charge in [-0.15, -0.1) is 11.3 Å². The standard InChI is InChI=1S/C17H20N4O4S2/c1-11-9-18-17(26-11)19-16(23)12-8-15(22)21(10-12)13-4-6-14(7-5-13)27(24,25)20(2)3/h4-7,9,12H,8,10H2,1-3H3,(H,18,19,23)/t12-/m0/s1. The van der Waals surface area contributed by atoms with Gasteiger partial charge in [-0.25, -0.2) is 17.7 Å². The zero-order valence-corrected chi connectivity index (χ0v) is 16.8. The molecule has 0 saturated carbocycles. The number of hydrogen-bond acceptors (Lipinski definition) is 6. The van der Waals surface area contributed by atoms with E-state index in [9.17, 15) is 18.0 Å². The van der Waals surface area contributed by atoms with Crippen molar-refractivity contribution in [3.05, 3.63) is 35.3 Å². The molecule has 0 bridgehead atoms. The normalized spacial score (nSPS) is 17.6. The molecule has 1 aliphatic heterocycles. The molecule has 10 heteroatoms. The van der Waals surface area contributed by atoms with Gasteiger partial charge in [-0.3, -0.25) is 9.59 Å². The van der Waals surface area contributed by atoms with Crippen LogP contribution in [-0.2, 0) is 19.6 Å². The average molecular weight is 409 g/mol. The van der Waals surface area contributed by atoms with Crippen molar-refractivity contribution in [1.29, 1.82) is 0 Å². The van der Waals surface area contributed by atoms with Crippen LogP contribution in [0, 0.1) is 12.8 Å². The summed E-state index contributed by atoms with van der Waals surface area (Å²) in [6.45, 7) is 2.14. The minimum atomic E-state index is -3.53. The quantitative estimate of drug-likeness (QED) is 0.812. The minimum absolute atomic E-state index is 0.105. The lowest BCUT2D eigenvalue weighted by molar-refractivity contribution is -0.122. The highest BCUT2D eigenvalue weighted by Crippen LogP contribution is 2.28. The van der Waals surface area contributed by atoms with Gasteiger partial charge in [0.15, 0.2) is 5.13 Å². The number of nitrogens with zero attached hydrogens (tertiary/aromatic N) is 3. The molecule has 1 atom stereocenters. The van der Waals surface area contributed by atoms with Crippen LogP contribution < -0.4 is 10.2 Å². The fraction of sp³-hybridized carbons (Fsp3) is 0.353. The summed E-state index contributed by atoms with van der Waals surface area (Å²) in [7, 11) is -0.610. The number of amides is 2. The van der Waals surface area contributed by atoms with E-state index in [4.69, 9.17) is 0 Å². The van der Waals surface area contributed by atoms with E-state index in [2.05, 4.69) is 10.3 Å². The number of anilines is 2. The summed E-state index contributed by atoms with van der Waals surface area (Å²) < 4.78 is 25.4. The van der Waals surface area contributed by atoms with E-state index in [0.29, 0.717) is 10.8 Å². The number of carbonyl (C=O) groups excluding carboxylic acids is 2. The molecule has 2 heterocycles. The zero-order chi connectivity index (χ0) is 19.8. The van der Waals surface area contributed by atoms with Gasteiger partial charge >= 0.3 is 0 Å². The Bertz CT molecular complexity index is 967. The van der Waals surface area contributed by atoms with Crippen LogP contribution in [-0.4, -0.2) is 50.2 Å². The number of thiazole rings is 1. The van der Waals surface area contributed by atoms with E-state index in [1.165, 1.54) is 42.5 Å². The monoisotopic (exact) mass is 408 g/mol. The molecule has 0 radical (unpaired) electrons. The van der Waals surface area contributed by atoms with Gasteiger partial charge in [0, 0.05) is 43.8 Å². The summed E-state index contributed by atoms with van der Waals surface area (Å²) >= 11 is 1.38. The van der Waals surface area contributed by atoms with Crippen molar-refractivity contribution in [3.8, 4) is 0 Å². The van der Waals surface area contributed by atoms with Crippen molar-refractivity contribution in [2.24, 2.45) is 5.92 Å². The van der Waals surface area contributed by atoms with Crippen LogP contribution >= 0.6 is 11.3 Å². The molecule has 1 saturated heterocycles. The lowest BCUT2D eigenvalue weighted by Gasteiger charge is -2.18. The number of benzene rings is 1. The molecule has 2 amide bonds. The highest BCUT2D eigenvalue weighted by atomic mass is 32.2. The molecule has 1 fully saturated rings. The summed E-state index contributed by atoms with van der Waals surface area (Å²) in [6.07, 6.45) is 1.78. The Morgan fingerprint density at radius 3 is 2.52 bits per heavy atom. The van der Waals surface area contributed by atoms with Crippen molar-refractivity contribution in [1.82, 2.24) is 9.29 Å². The summed E-state index contributed by atoms with van der Waals surface area (Å²) in [4.78, 5) is 31.5. The third-order valence-corrected chi connectivity index (χ3v) is 6.93. The first-order chi connectivity index (χ1) is 12.7. The summed E-state index contributed by atoms with van der Waals surface area (Å²) in [5.41, 5.74) is 0.568. The van der Waals surface area contributed by atoms with Crippen molar-refractivity contribution >= 4 is 44.0 Å². The van der Waals surface area contributed by atoms with Gasteiger partial charge in [-0.1, -0.05) is 0 Å². The Labute approximate surface area is 161 Å². The number of sulfonamides is 1. The number of rotatable bonds is 5. The molecule has 2 aromatic rings. The van der Waals surface area contributed by atoms with Crippen LogP contribution in [0.1, 0.15) is 11.3 Å². The highest BCUT2D eigenvalue weighted by Gasteiger charge is 2.35. The second kappa shape index (κ2) is 7.37. The smallest absolute Gasteiger partial charge is 0.242 e. The van der Waals surface area contributed by atoms with Crippen molar-refractivity contribution in [3.63, 3.8) is 0 Å². The van der Waals surface area contributed by atoms with Gasteiger partial charge in [-0.2, -0.15) is 0 Å². The van der Waals surface area contributed by atoms with Gasteiger partial charge in [0.05, 0.1) is 10.8 Å². The number of aromatic nitrogens is 1. The Morgan fingerprint density at radius 1 is 1.30 bits per heavy atom. The van der Waals surface area contributed by atoms with E-state index in [1.54, 1.807) is 18.3 Å². The molecule has 8 nitrogen and oxygen atoms in total. The number of carbonyl (C=O) groups is 2. The lowest BCUT2D eigenvalue weighted by Crippen LogP contribution is -2.28. The molecule has 0 spiro atoms. The molecule has 1 aromatic carbocycles. The SMILES string of the molecule is Cc1cnc(NC(=O)[C@H]2CC(=O)N(c3ccc(S(=O)(=O)N(C)C)cc3)C2)s1. The summed E-state index contributed by atoms with van der Waals surface area (Å²) in [5.74, 6) is -0.896. The molecular weight excluding hydrogens is 388 g/mol. The predicted octanol–water partition coefficient (Wildman–Crippen LogP) is 1.69. The minimum Gasteiger partial charge on any atom is -0.312 e. The molecule has 0 aliphatic carbocycles. The van der Waals surface area contributed by atoms with Gasteiger partial charge < -0.3 is 10.2 Å². The first-order valence-electron chi connectivity index (χ1n) is 8.24. The van der Waals surface area contributed by atoms with Gasteiger partial charge in [-0.05, 0) is 31.2 Å². The maximum atomic E-state index is 12.4. The van der Waals surface area contributed by atoms with Crippen LogP contribution in [0.4, 0.5) is 10.8 Å². The maximum absolute atomic E-state index is 12.4. The van der Waals surface area contributed by atoms with Crippen LogP contribution in [0.2, 0.25) is 0 Å². The van der Waals surface area contributed by atoms with E-state index in [0.717, 1.165) is 9.18 Å². The highest BCUT2D eigenvalue weighted by molar-refractivity contribution is 7.89. The number of aryl methyl sites for hydroxylation is 1. The second-order valence-corrected chi connectivity index (χ2v) is 9.84. The van der Waals surface area contributed by atoms with Gasteiger partial charge in [0.2, 0.25) is 21.8 Å². The van der Waals surface area contributed by atoms with Crippen LogP contribution in [0.3, 0.4) is 0 Å². The van der Waals surface area contributed by atoms with E-state index < -0.39 is 15.9 Å². The molecule has 3 rings (SSSR count). The zero-order valence-electron chi connectivity index (χ0n) is 15.2. The Hall–Kier alpha value is -2.30. The largest absolute Gasteiger partial charge is 0.312 e. The summed E-state index contributed by atoms with van der Waals surface area (Å²) in [6, 6.07) is 6.09. The fourth-order valence-corrected chi connectivity index (χ4v) is 4.33. The van der Waals surface area contributed by atoms with Crippen LogP contribution in [0.25, 0.3) is 0 Å². The van der Waals surface area contributed by atoms with Crippen molar-refractivity contribution in [2.75, 3.05) is 30.9 Å². The Morgan fingerprint density at radius 2 is 1.96 bits per heavy atom. The lowest BCUT2D eigenvalue weighted by atomic mass is 10.1. The second-order valence-electron chi connectivity index (χ2n) is 6.45. The Balaban J connectivity index is 1.71. The van der Waals surface area contributed by atoms with Crippen molar-refractivity contribution in [2.45, 2.75) is 18.2 Å². The molecule has 1 aromatic heterocycles. The Kier molecular flexibility index (Phi) is 5.31. The number of nitrogens with one attached hydrogen (secondary N) is 1. The third-order valence-electron chi connectivity index (χ3n) is 4.27. The maximum Gasteiger partial charge on any atom is 0.242 e. The third kappa shape index (κ3) is 4.02. The first-order valence-corrected chi connectivity index (χ1v) is 10.5. The van der Waals surface area contributed by atoms with Gasteiger partial charge in [0.25, 0.3) is 0 Å². The summed E-state index contributed by atoms with van der Waals surface area (Å²) in [5, 5.41) is 3.26. The number of hydrogen-bond donors (Lipinski definition) is 1. The first kappa shape index (κ1) is 19.5. The van der Waals surface area contributed by atoms with E-state index in [1.807, 2.05) is 6.92 Å². The molecule has 1 aliphatic rings. The predicted molar refractivity (Wildman–Crippen MR) is 103 cm³/mol. The molecule has 27 heavy (non-hydrogen) atoms. The van der Waals surface area contributed by atoms with Crippen molar-refractivity contribution < 1.29 is 18.0 Å². The molecule has 1 N–H and O–H groups in total. The van der Waals surface area contributed by atoms with Crippen LogP contribution in [0.5, 0.6) is 0 Å².